The molecule has 0 spiro atoms. The number of ether oxygens (including phenoxy) is 2. The zero-order valence-corrected chi connectivity index (χ0v) is 17.0. The molecule has 0 bridgehead atoms. The second kappa shape index (κ2) is 8.36. The molecular formula is C21H15N3O6S. The van der Waals surface area contributed by atoms with Crippen LogP contribution in [0.3, 0.4) is 0 Å². The molecular weight excluding hydrogens is 422 g/mol. The van der Waals surface area contributed by atoms with Crippen LogP contribution in [-0.2, 0) is 4.79 Å². The molecule has 1 N–H and O–H groups in total. The fourth-order valence-electron chi connectivity index (χ4n) is 2.95. The maximum atomic E-state index is 12.4. The Morgan fingerprint density at radius 2 is 1.90 bits per heavy atom. The molecule has 0 saturated heterocycles. The van der Waals surface area contributed by atoms with E-state index in [-0.39, 0.29) is 34.7 Å². The molecule has 2 heterocycles. The van der Waals surface area contributed by atoms with Crippen molar-refractivity contribution < 1.29 is 24.0 Å². The van der Waals surface area contributed by atoms with E-state index < -0.39 is 10.8 Å². The number of nitro benzene ring substituents is 1. The first-order valence-corrected chi connectivity index (χ1v) is 9.88. The summed E-state index contributed by atoms with van der Waals surface area (Å²) >= 11 is 1.07. The molecule has 4 rings (SSSR count). The molecule has 0 atom stereocenters. The highest BCUT2D eigenvalue weighted by molar-refractivity contribution is 7.18. The van der Waals surface area contributed by atoms with E-state index in [1.54, 1.807) is 0 Å². The molecule has 0 unspecified atom stereocenters. The van der Waals surface area contributed by atoms with Gasteiger partial charge in [0.1, 0.15) is 0 Å². The molecule has 0 aliphatic carbocycles. The second-order valence-corrected chi connectivity index (χ2v) is 7.46. The summed E-state index contributed by atoms with van der Waals surface area (Å²) in [7, 11) is 0. The third-order valence-corrected chi connectivity index (χ3v) is 5.43. The molecule has 31 heavy (non-hydrogen) atoms. The minimum atomic E-state index is -0.564. The van der Waals surface area contributed by atoms with Crippen molar-refractivity contribution in [2.45, 2.75) is 6.92 Å². The van der Waals surface area contributed by atoms with Gasteiger partial charge in [0.2, 0.25) is 12.7 Å². The smallest absolute Gasteiger partial charge is 0.280 e. The van der Waals surface area contributed by atoms with Crippen LogP contribution >= 0.6 is 11.3 Å². The van der Waals surface area contributed by atoms with Gasteiger partial charge in [-0.1, -0.05) is 41.7 Å². The van der Waals surface area contributed by atoms with Crippen LogP contribution in [-0.4, -0.2) is 28.4 Å². The van der Waals surface area contributed by atoms with Gasteiger partial charge in [-0.3, -0.25) is 25.0 Å². The monoisotopic (exact) mass is 437 g/mol. The highest BCUT2D eigenvalue weighted by atomic mass is 32.1. The fraction of sp³-hybridized carbons (Fsp3) is 0.0952. The molecule has 1 aliphatic heterocycles. The number of ketones is 1. The molecule has 156 valence electrons. The van der Waals surface area contributed by atoms with E-state index in [9.17, 15) is 19.7 Å². The number of hydrogen-bond acceptors (Lipinski definition) is 8. The van der Waals surface area contributed by atoms with Crippen molar-refractivity contribution in [1.29, 1.82) is 0 Å². The zero-order valence-electron chi connectivity index (χ0n) is 16.2. The molecule has 1 amide bonds. The van der Waals surface area contributed by atoms with E-state index in [1.165, 1.54) is 25.1 Å². The highest BCUT2D eigenvalue weighted by Crippen LogP contribution is 2.38. The number of nitrogens with one attached hydrogen (secondary N) is 1. The van der Waals surface area contributed by atoms with Crippen LogP contribution < -0.4 is 14.8 Å². The van der Waals surface area contributed by atoms with Crippen LogP contribution in [0.25, 0.3) is 17.3 Å². The van der Waals surface area contributed by atoms with Gasteiger partial charge in [-0.15, -0.1) is 0 Å². The van der Waals surface area contributed by atoms with Crippen molar-refractivity contribution in [1.82, 2.24) is 4.98 Å². The largest absolute Gasteiger partial charge is 0.454 e. The Hall–Kier alpha value is -4.05. The standard InChI is InChI=1S/C21H15N3O6S/c1-12(25)20-19(13-5-3-2-4-6-13)23-21(31-20)22-18(26)8-7-14-9-16-17(30-11-29-16)10-15(14)24(27)28/h2-10H,11H2,1H3,(H,22,23,26)/b8-7+. The molecule has 2 aromatic carbocycles. The zero-order chi connectivity index (χ0) is 22.0. The summed E-state index contributed by atoms with van der Waals surface area (Å²) < 4.78 is 10.4. The molecule has 0 fully saturated rings. The highest BCUT2D eigenvalue weighted by Gasteiger charge is 2.22. The third-order valence-electron chi connectivity index (χ3n) is 4.36. The summed E-state index contributed by atoms with van der Waals surface area (Å²) in [4.78, 5) is 40.0. The van der Waals surface area contributed by atoms with Gasteiger partial charge in [0.15, 0.2) is 22.4 Å². The summed E-state index contributed by atoms with van der Waals surface area (Å²) in [6.07, 6.45) is 2.47. The Morgan fingerprint density at radius 3 is 2.58 bits per heavy atom. The van der Waals surface area contributed by atoms with Gasteiger partial charge in [-0.05, 0) is 12.1 Å². The minimum absolute atomic E-state index is 0.0214. The summed E-state index contributed by atoms with van der Waals surface area (Å²) in [6.45, 7) is 1.41. The molecule has 3 aromatic rings. The SMILES string of the molecule is CC(=O)c1sc(NC(=O)/C=C/c2cc3c(cc2[N+](=O)[O-])OCO3)nc1-c1ccccc1. The second-order valence-electron chi connectivity index (χ2n) is 6.46. The van der Waals surface area contributed by atoms with Gasteiger partial charge in [-0.25, -0.2) is 4.98 Å². The fourth-order valence-corrected chi connectivity index (χ4v) is 3.84. The van der Waals surface area contributed by atoms with Gasteiger partial charge < -0.3 is 9.47 Å². The molecule has 0 radical (unpaired) electrons. The maximum absolute atomic E-state index is 12.4. The Kier molecular flexibility index (Phi) is 5.46. The van der Waals surface area contributed by atoms with Crippen LogP contribution in [0, 0.1) is 10.1 Å². The molecule has 1 aromatic heterocycles. The first kappa shape index (κ1) is 20.2. The third kappa shape index (κ3) is 4.28. The van der Waals surface area contributed by atoms with Crippen molar-refractivity contribution >= 4 is 39.9 Å². The molecule has 0 saturated carbocycles. The Morgan fingerprint density at radius 1 is 1.19 bits per heavy atom. The lowest BCUT2D eigenvalue weighted by Crippen LogP contribution is -2.07. The van der Waals surface area contributed by atoms with Crippen molar-refractivity contribution in [3.05, 3.63) is 69.1 Å². The number of thiazole rings is 1. The molecule has 10 heteroatoms. The van der Waals surface area contributed by atoms with Crippen LogP contribution in [0.15, 0.2) is 48.5 Å². The molecule has 1 aliphatic rings. The number of carbonyl (C=O) groups is 2. The summed E-state index contributed by atoms with van der Waals surface area (Å²) in [6, 6.07) is 11.9. The predicted molar refractivity (Wildman–Crippen MR) is 114 cm³/mol. The number of Topliss-reactive ketones (excluding diaryl/α,β-unsaturated/α-hetero) is 1. The van der Waals surface area contributed by atoms with E-state index in [0.29, 0.717) is 16.3 Å². The van der Waals surface area contributed by atoms with Gasteiger partial charge in [0, 0.05) is 18.6 Å². The van der Waals surface area contributed by atoms with Gasteiger partial charge in [0.05, 0.1) is 27.1 Å². The van der Waals surface area contributed by atoms with Gasteiger partial charge in [0.25, 0.3) is 5.69 Å². The Balaban J connectivity index is 1.57. The average molecular weight is 437 g/mol. The average Bonchev–Trinajstić information content (AvgIpc) is 3.38. The van der Waals surface area contributed by atoms with E-state index in [1.807, 2.05) is 30.3 Å². The van der Waals surface area contributed by atoms with Crippen molar-refractivity contribution in [3.8, 4) is 22.8 Å². The number of anilines is 1. The summed E-state index contributed by atoms with van der Waals surface area (Å²) in [5.74, 6) is -0.0655. The van der Waals surface area contributed by atoms with Crippen molar-refractivity contribution in [2.24, 2.45) is 0 Å². The lowest BCUT2D eigenvalue weighted by Gasteiger charge is -2.01. The topological polar surface area (TPSA) is 121 Å². The quantitative estimate of drug-likeness (QED) is 0.264. The maximum Gasteiger partial charge on any atom is 0.280 e. The first-order valence-electron chi connectivity index (χ1n) is 9.06. The van der Waals surface area contributed by atoms with Crippen molar-refractivity contribution in [3.63, 3.8) is 0 Å². The van der Waals surface area contributed by atoms with E-state index >= 15 is 0 Å². The van der Waals surface area contributed by atoms with Crippen LogP contribution in [0.5, 0.6) is 11.5 Å². The first-order chi connectivity index (χ1) is 14.9. The van der Waals surface area contributed by atoms with Crippen LogP contribution in [0.4, 0.5) is 10.8 Å². The van der Waals surface area contributed by atoms with E-state index in [2.05, 4.69) is 10.3 Å². The lowest BCUT2D eigenvalue weighted by molar-refractivity contribution is -0.385. The van der Waals surface area contributed by atoms with Crippen LogP contribution in [0.2, 0.25) is 0 Å². The summed E-state index contributed by atoms with van der Waals surface area (Å²) in [5, 5.41) is 14.2. The Labute approximate surface area is 180 Å². The lowest BCUT2D eigenvalue weighted by atomic mass is 10.1. The van der Waals surface area contributed by atoms with E-state index in [4.69, 9.17) is 9.47 Å². The van der Waals surface area contributed by atoms with Crippen LogP contribution in [0.1, 0.15) is 22.2 Å². The van der Waals surface area contributed by atoms with Crippen molar-refractivity contribution in [2.75, 3.05) is 12.1 Å². The predicted octanol–water partition coefficient (Wildman–Crippen LogP) is 4.30. The van der Waals surface area contributed by atoms with Gasteiger partial charge in [-0.2, -0.15) is 0 Å². The molecule has 9 nitrogen and oxygen atoms in total. The minimum Gasteiger partial charge on any atom is -0.454 e. The van der Waals surface area contributed by atoms with Gasteiger partial charge >= 0.3 is 0 Å². The Bertz CT molecular complexity index is 1220. The number of carbonyl (C=O) groups excluding carboxylic acids is 2. The number of aromatic nitrogens is 1. The number of benzene rings is 2. The van der Waals surface area contributed by atoms with E-state index in [0.717, 1.165) is 23.0 Å². The number of hydrogen-bond donors (Lipinski definition) is 1. The summed E-state index contributed by atoms with van der Waals surface area (Å²) in [5.41, 5.74) is 1.23. The number of nitro groups is 1. The number of fused-ring (bicyclic) bond motifs is 1. The number of rotatable bonds is 6. The normalized spacial score (nSPS) is 12.2. The number of nitrogens with zero attached hydrogens (tertiary/aromatic N) is 2. The number of amides is 1.